The molecule has 3 rings (SSSR count). The molecule has 182 valence electrons. The number of allylic oxidation sites excluding steroid dienone is 1. The highest BCUT2D eigenvalue weighted by atomic mass is 79.9. The van der Waals surface area contributed by atoms with Crippen molar-refractivity contribution in [2.75, 3.05) is 7.05 Å². The second kappa shape index (κ2) is 11.2. The topological polar surface area (TPSA) is 37.4 Å². The van der Waals surface area contributed by atoms with E-state index in [1.165, 1.54) is 23.1 Å². The zero-order valence-corrected chi connectivity index (χ0v) is 21.3. The molecule has 3 nitrogen and oxygen atoms in total. The normalized spacial score (nSPS) is 12.5. The number of carbonyl (C=O) groups is 2. The SMILES string of the molecule is Cc1cc(Cl)cc(C(/C=C/c2ccc(CN(C)C(=O)c3ccccc3C=O)c(Br)c2)C(F)(F)F)c1. The van der Waals surface area contributed by atoms with E-state index < -0.39 is 12.1 Å². The highest BCUT2D eigenvalue weighted by molar-refractivity contribution is 9.10. The molecule has 3 aromatic rings. The van der Waals surface area contributed by atoms with Crippen molar-refractivity contribution < 1.29 is 22.8 Å². The van der Waals surface area contributed by atoms with Crippen molar-refractivity contribution in [1.29, 1.82) is 0 Å². The van der Waals surface area contributed by atoms with Gasteiger partial charge in [-0.05, 0) is 53.4 Å². The molecule has 0 aliphatic carbocycles. The molecule has 35 heavy (non-hydrogen) atoms. The van der Waals surface area contributed by atoms with Crippen LogP contribution >= 0.6 is 27.5 Å². The van der Waals surface area contributed by atoms with Gasteiger partial charge in [-0.15, -0.1) is 0 Å². The third kappa shape index (κ3) is 6.83. The van der Waals surface area contributed by atoms with E-state index in [0.29, 0.717) is 33.0 Å². The first kappa shape index (κ1) is 26.7. The summed E-state index contributed by atoms with van der Waals surface area (Å²) in [5, 5.41) is 0.254. The molecular weight excluding hydrogens is 543 g/mol. The lowest BCUT2D eigenvalue weighted by Gasteiger charge is -2.19. The van der Waals surface area contributed by atoms with Gasteiger partial charge in [0, 0.05) is 28.7 Å². The number of halogens is 5. The number of nitrogens with zero attached hydrogens (tertiary/aromatic N) is 1. The summed E-state index contributed by atoms with van der Waals surface area (Å²) in [5.41, 5.74) is 2.66. The highest BCUT2D eigenvalue weighted by Crippen LogP contribution is 2.38. The number of benzene rings is 3. The van der Waals surface area contributed by atoms with Crippen molar-refractivity contribution in [3.05, 3.63) is 110 Å². The second-order valence-electron chi connectivity index (χ2n) is 8.16. The van der Waals surface area contributed by atoms with Crippen LogP contribution in [0.5, 0.6) is 0 Å². The Morgan fingerprint density at radius 3 is 2.46 bits per heavy atom. The monoisotopic (exact) mass is 563 g/mol. The maximum Gasteiger partial charge on any atom is 0.399 e. The first-order chi connectivity index (χ1) is 16.5. The lowest BCUT2D eigenvalue weighted by Crippen LogP contribution is -2.27. The third-order valence-electron chi connectivity index (χ3n) is 5.41. The predicted molar refractivity (Wildman–Crippen MR) is 136 cm³/mol. The Kier molecular flexibility index (Phi) is 8.56. The van der Waals surface area contributed by atoms with Crippen molar-refractivity contribution in [1.82, 2.24) is 4.90 Å². The Balaban J connectivity index is 1.80. The van der Waals surface area contributed by atoms with Crippen LogP contribution in [-0.4, -0.2) is 30.3 Å². The van der Waals surface area contributed by atoms with E-state index in [1.54, 1.807) is 62.5 Å². The molecular formula is C27H22BrClF3NO2. The van der Waals surface area contributed by atoms with Crippen molar-refractivity contribution >= 4 is 45.8 Å². The number of aryl methyl sites for hydroxylation is 1. The van der Waals surface area contributed by atoms with Gasteiger partial charge in [-0.3, -0.25) is 9.59 Å². The molecule has 3 aromatic carbocycles. The van der Waals surface area contributed by atoms with Gasteiger partial charge >= 0.3 is 6.18 Å². The van der Waals surface area contributed by atoms with Gasteiger partial charge in [0.25, 0.3) is 5.91 Å². The molecule has 1 amide bonds. The van der Waals surface area contributed by atoms with Gasteiger partial charge in [-0.1, -0.05) is 76.1 Å². The third-order valence-corrected chi connectivity index (χ3v) is 6.36. The van der Waals surface area contributed by atoms with E-state index in [4.69, 9.17) is 11.6 Å². The van der Waals surface area contributed by atoms with Crippen molar-refractivity contribution in [2.24, 2.45) is 0 Å². The molecule has 0 fully saturated rings. The average molecular weight is 565 g/mol. The van der Waals surface area contributed by atoms with Crippen LogP contribution < -0.4 is 0 Å². The summed E-state index contributed by atoms with van der Waals surface area (Å²) in [6.45, 7) is 1.94. The van der Waals surface area contributed by atoms with Crippen LogP contribution in [-0.2, 0) is 6.54 Å². The van der Waals surface area contributed by atoms with Crippen LogP contribution in [0.2, 0.25) is 5.02 Å². The lowest BCUT2D eigenvalue weighted by atomic mass is 9.95. The van der Waals surface area contributed by atoms with Gasteiger partial charge in [0.2, 0.25) is 0 Å². The minimum Gasteiger partial charge on any atom is -0.337 e. The number of alkyl halides is 3. The molecule has 0 bridgehead atoms. The smallest absolute Gasteiger partial charge is 0.337 e. The Labute approximate surface area is 215 Å². The van der Waals surface area contributed by atoms with Gasteiger partial charge in [-0.2, -0.15) is 13.2 Å². The van der Waals surface area contributed by atoms with E-state index >= 15 is 0 Å². The molecule has 0 saturated heterocycles. The first-order valence-corrected chi connectivity index (χ1v) is 11.8. The predicted octanol–water partition coefficient (Wildman–Crippen LogP) is 7.85. The minimum atomic E-state index is -4.48. The fraction of sp³-hybridized carbons (Fsp3) is 0.185. The fourth-order valence-electron chi connectivity index (χ4n) is 3.68. The van der Waals surface area contributed by atoms with Crippen molar-refractivity contribution in [3.63, 3.8) is 0 Å². The Morgan fingerprint density at radius 2 is 1.83 bits per heavy atom. The Bertz CT molecular complexity index is 1250. The summed E-state index contributed by atoms with van der Waals surface area (Å²) in [5.74, 6) is -2.12. The van der Waals surface area contributed by atoms with Crippen molar-refractivity contribution in [2.45, 2.75) is 25.6 Å². The van der Waals surface area contributed by atoms with E-state index in [-0.39, 0.29) is 23.0 Å². The van der Waals surface area contributed by atoms with Crippen LogP contribution in [0.25, 0.3) is 6.08 Å². The molecule has 0 spiro atoms. The van der Waals surface area contributed by atoms with Crippen LogP contribution in [0.15, 0.2) is 71.2 Å². The van der Waals surface area contributed by atoms with Crippen LogP contribution in [0.3, 0.4) is 0 Å². The lowest BCUT2D eigenvalue weighted by molar-refractivity contribution is -0.139. The number of amides is 1. The standard InChI is InChI=1S/C27H22BrClF3NO2/c1-17-11-21(14-22(29)12-17)24(27(30,31)32)10-8-18-7-9-19(25(28)13-18)15-33(2)26(35)23-6-4-3-5-20(23)16-34/h3-14,16,24H,15H2,1-2H3/b10-8+. The zero-order valence-electron chi connectivity index (χ0n) is 18.9. The van der Waals surface area contributed by atoms with Crippen LogP contribution in [0.4, 0.5) is 13.2 Å². The fourth-order valence-corrected chi connectivity index (χ4v) is 4.50. The summed E-state index contributed by atoms with van der Waals surface area (Å²) in [7, 11) is 1.62. The number of carbonyl (C=O) groups excluding carboxylic acids is 2. The van der Waals surface area contributed by atoms with Crippen molar-refractivity contribution in [3.8, 4) is 0 Å². The number of hydrogen-bond acceptors (Lipinski definition) is 2. The summed E-state index contributed by atoms with van der Waals surface area (Å²) >= 11 is 9.43. The van der Waals surface area contributed by atoms with E-state index in [9.17, 15) is 22.8 Å². The molecule has 0 aliphatic rings. The van der Waals surface area contributed by atoms with E-state index in [2.05, 4.69) is 15.9 Å². The van der Waals surface area contributed by atoms with Gasteiger partial charge < -0.3 is 4.90 Å². The second-order valence-corrected chi connectivity index (χ2v) is 9.45. The molecule has 1 unspecified atom stereocenters. The van der Waals surface area contributed by atoms with Crippen LogP contribution in [0.1, 0.15) is 48.9 Å². The molecule has 0 radical (unpaired) electrons. The molecule has 0 heterocycles. The largest absolute Gasteiger partial charge is 0.399 e. The highest BCUT2D eigenvalue weighted by Gasteiger charge is 2.39. The molecule has 0 aromatic heterocycles. The molecule has 0 aliphatic heterocycles. The zero-order chi connectivity index (χ0) is 25.8. The minimum absolute atomic E-state index is 0.0742. The van der Waals surface area contributed by atoms with Crippen LogP contribution in [0, 0.1) is 6.92 Å². The first-order valence-electron chi connectivity index (χ1n) is 10.6. The number of hydrogen-bond donors (Lipinski definition) is 0. The van der Waals surface area contributed by atoms with E-state index in [0.717, 1.165) is 11.6 Å². The summed E-state index contributed by atoms with van der Waals surface area (Å²) in [6.07, 6.45) is -1.32. The summed E-state index contributed by atoms with van der Waals surface area (Å²) in [6, 6.07) is 16.1. The average Bonchev–Trinajstić information content (AvgIpc) is 2.78. The summed E-state index contributed by atoms with van der Waals surface area (Å²) in [4.78, 5) is 25.5. The number of rotatable bonds is 7. The maximum atomic E-state index is 13.8. The Hall–Kier alpha value is -2.90. The molecule has 1 atom stereocenters. The Morgan fingerprint density at radius 1 is 1.11 bits per heavy atom. The van der Waals surface area contributed by atoms with Gasteiger partial charge in [0.15, 0.2) is 6.29 Å². The number of aldehydes is 1. The van der Waals surface area contributed by atoms with Gasteiger partial charge in [0.1, 0.15) is 0 Å². The van der Waals surface area contributed by atoms with Gasteiger partial charge in [-0.25, -0.2) is 0 Å². The summed E-state index contributed by atoms with van der Waals surface area (Å²) < 4.78 is 41.9. The molecule has 0 saturated carbocycles. The van der Waals surface area contributed by atoms with Gasteiger partial charge in [0.05, 0.1) is 11.5 Å². The quantitative estimate of drug-likeness (QED) is 0.274. The van der Waals surface area contributed by atoms with E-state index in [1.807, 2.05) is 0 Å². The maximum absolute atomic E-state index is 13.8. The molecule has 0 N–H and O–H groups in total. The molecule has 8 heteroatoms.